The van der Waals surface area contributed by atoms with Gasteiger partial charge in [0.15, 0.2) is 0 Å². The molecule has 5 nitrogen and oxygen atoms in total. The third-order valence-corrected chi connectivity index (χ3v) is 4.27. The number of nitrogens with one attached hydrogen (secondary N) is 1. The quantitative estimate of drug-likeness (QED) is 0.751. The van der Waals surface area contributed by atoms with E-state index in [4.69, 9.17) is 23.2 Å². The number of nitrogens with zero attached hydrogens (tertiary/aromatic N) is 2. The van der Waals surface area contributed by atoms with E-state index in [0.717, 1.165) is 15.9 Å². The molecule has 1 aromatic heterocycles. The highest BCUT2D eigenvalue weighted by atomic mass is 35.5. The number of rotatable bonds is 3. The lowest BCUT2D eigenvalue weighted by atomic mass is 10.1. The average molecular weight is 374 g/mol. The number of aromatic nitrogens is 2. The van der Waals surface area contributed by atoms with E-state index < -0.39 is 5.56 Å². The number of halogens is 2. The predicted octanol–water partition coefficient (Wildman–Crippen LogP) is 4.10. The van der Waals surface area contributed by atoms with Crippen LogP contribution in [0.3, 0.4) is 0 Å². The number of aryl methyl sites for hydroxylation is 1. The van der Waals surface area contributed by atoms with Gasteiger partial charge < -0.3 is 5.32 Å². The Labute approximate surface area is 153 Å². The Kier molecular flexibility index (Phi) is 4.88. The fourth-order valence-electron chi connectivity index (χ4n) is 2.28. The Hall–Kier alpha value is -2.63. The Balaban J connectivity index is 1.84. The van der Waals surface area contributed by atoms with Crippen molar-refractivity contribution in [3.8, 4) is 5.69 Å². The number of amides is 1. The van der Waals surface area contributed by atoms with E-state index in [1.807, 2.05) is 31.2 Å². The molecule has 0 fully saturated rings. The van der Waals surface area contributed by atoms with Crippen LogP contribution in [-0.4, -0.2) is 15.7 Å². The predicted molar refractivity (Wildman–Crippen MR) is 99.0 cm³/mol. The van der Waals surface area contributed by atoms with E-state index in [1.165, 1.54) is 6.20 Å². The molecule has 0 radical (unpaired) electrons. The zero-order valence-electron chi connectivity index (χ0n) is 13.2. The van der Waals surface area contributed by atoms with Gasteiger partial charge in [-0.1, -0.05) is 35.3 Å². The van der Waals surface area contributed by atoms with Gasteiger partial charge in [0.05, 0.1) is 16.9 Å². The topological polar surface area (TPSA) is 64.0 Å². The highest BCUT2D eigenvalue weighted by Crippen LogP contribution is 2.17. The summed E-state index contributed by atoms with van der Waals surface area (Å²) in [5.41, 5.74) is 2.19. The number of benzene rings is 2. The lowest BCUT2D eigenvalue weighted by Gasteiger charge is -2.08. The summed E-state index contributed by atoms with van der Waals surface area (Å²) in [6.07, 6.45) is 1.30. The van der Waals surface area contributed by atoms with Crippen LogP contribution in [0.5, 0.6) is 0 Å². The van der Waals surface area contributed by atoms with Crippen LogP contribution in [0.25, 0.3) is 5.69 Å². The van der Waals surface area contributed by atoms with Gasteiger partial charge in [-0.25, -0.2) is 0 Å². The van der Waals surface area contributed by atoms with Crippen molar-refractivity contribution in [3.05, 3.63) is 86.3 Å². The Morgan fingerprint density at radius 1 is 1.12 bits per heavy atom. The zero-order valence-corrected chi connectivity index (χ0v) is 14.7. The summed E-state index contributed by atoms with van der Waals surface area (Å²) in [5, 5.41) is 6.77. The summed E-state index contributed by atoms with van der Waals surface area (Å²) in [5.74, 6) is -0.244. The maximum Gasteiger partial charge on any atom is 0.291 e. The van der Waals surface area contributed by atoms with Gasteiger partial charge in [0, 0.05) is 11.3 Å². The van der Waals surface area contributed by atoms with Crippen LogP contribution in [-0.2, 0) is 0 Å². The number of hydrogen-bond acceptors (Lipinski definition) is 3. The van der Waals surface area contributed by atoms with E-state index >= 15 is 0 Å². The van der Waals surface area contributed by atoms with Crippen LogP contribution < -0.4 is 10.9 Å². The van der Waals surface area contributed by atoms with Gasteiger partial charge in [-0.3, -0.25) is 9.59 Å². The molecule has 0 aliphatic carbocycles. The molecule has 0 atom stereocenters. The van der Waals surface area contributed by atoms with E-state index in [2.05, 4.69) is 10.4 Å². The molecule has 3 rings (SSSR count). The van der Waals surface area contributed by atoms with E-state index in [9.17, 15) is 9.59 Å². The SMILES string of the molecule is Cc1cccc(NC(=O)c2ccc(-n3ncc(Cl)c(Cl)c3=O)cc2)c1. The molecule has 0 saturated heterocycles. The Morgan fingerprint density at radius 2 is 1.84 bits per heavy atom. The van der Waals surface area contributed by atoms with E-state index in [1.54, 1.807) is 24.3 Å². The molecule has 0 unspecified atom stereocenters. The van der Waals surface area contributed by atoms with Gasteiger partial charge in [-0.15, -0.1) is 0 Å². The van der Waals surface area contributed by atoms with Gasteiger partial charge in [0.2, 0.25) is 0 Å². The van der Waals surface area contributed by atoms with Gasteiger partial charge in [0.1, 0.15) is 5.02 Å². The first-order valence-corrected chi connectivity index (χ1v) is 8.13. The lowest BCUT2D eigenvalue weighted by molar-refractivity contribution is 0.102. The molecular weight excluding hydrogens is 361 g/mol. The Bertz CT molecular complexity index is 998. The molecule has 0 aliphatic rings. The number of anilines is 1. The fraction of sp³-hybridized carbons (Fsp3) is 0.0556. The average Bonchev–Trinajstić information content (AvgIpc) is 2.60. The third-order valence-electron chi connectivity index (χ3n) is 3.53. The first-order valence-electron chi connectivity index (χ1n) is 7.37. The normalized spacial score (nSPS) is 10.5. The summed E-state index contributed by atoms with van der Waals surface area (Å²) in [7, 11) is 0. The fourth-order valence-corrected chi connectivity index (χ4v) is 2.53. The first kappa shape index (κ1) is 17.2. The van der Waals surface area contributed by atoms with E-state index in [-0.39, 0.29) is 16.0 Å². The third kappa shape index (κ3) is 3.73. The second-order valence-corrected chi connectivity index (χ2v) is 6.18. The summed E-state index contributed by atoms with van der Waals surface area (Å²) in [4.78, 5) is 24.4. The Morgan fingerprint density at radius 3 is 2.52 bits per heavy atom. The molecule has 3 aromatic rings. The summed E-state index contributed by atoms with van der Waals surface area (Å²) >= 11 is 11.6. The molecule has 1 N–H and O–H groups in total. The van der Waals surface area contributed by atoms with Crippen LogP contribution in [0, 0.1) is 6.92 Å². The molecule has 2 aromatic carbocycles. The maximum absolute atomic E-state index is 12.3. The van der Waals surface area contributed by atoms with Crippen LogP contribution in [0.1, 0.15) is 15.9 Å². The molecule has 126 valence electrons. The van der Waals surface area contributed by atoms with Crippen LogP contribution in [0.2, 0.25) is 10.0 Å². The zero-order chi connectivity index (χ0) is 18.0. The monoisotopic (exact) mass is 373 g/mol. The molecule has 0 saturated carbocycles. The minimum atomic E-state index is -0.522. The van der Waals surface area contributed by atoms with Crippen molar-refractivity contribution in [1.29, 1.82) is 0 Å². The minimum Gasteiger partial charge on any atom is -0.322 e. The van der Waals surface area contributed by atoms with Crippen molar-refractivity contribution in [1.82, 2.24) is 9.78 Å². The summed E-state index contributed by atoms with van der Waals surface area (Å²) < 4.78 is 1.12. The molecule has 0 spiro atoms. The largest absolute Gasteiger partial charge is 0.322 e. The van der Waals surface area contributed by atoms with Crippen molar-refractivity contribution >= 4 is 34.8 Å². The number of carbonyl (C=O) groups excluding carboxylic acids is 1. The van der Waals surface area contributed by atoms with Crippen molar-refractivity contribution in [2.75, 3.05) is 5.32 Å². The van der Waals surface area contributed by atoms with Gasteiger partial charge >= 0.3 is 0 Å². The lowest BCUT2D eigenvalue weighted by Crippen LogP contribution is -2.21. The molecule has 1 heterocycles. The van der Waals surface area contributed by atoms with Gasteiger partial charge in [-0.2, -0.15) is 9.78 Å². The van der Waals surface area contributed by atoms with Crippen LogP contribution in [0.15, 0.2) is 59.5 Å². The second kappa shape index (κ2) is 7.09. The maximum atomic E-state index is 12.3. The molecule has 7 heteroatoms. The van der Waals surface area contributed by atoms with Gasteiger partial charge in [-0.05, 0) is 48.9 Å². The van der Waals surface area contributed by atoms with Crippen molar-refractivity contribution in [2.24, 2.45) is 0 Å². The molecule has 25 heavy (non-hydrogen) atoms. The summed E-state index contributed by atoms with van der Waals surface area (Å²) in [6, 6.07) is 14.0. The smallest absolute Gasteiger partial charge is 0.291 e. The number of hydrogen-bond donors (Lipinski definition) is 1. The minimum absolute atomic E-state index is 0.0945. The summed E-state index contributed by atoms with van der Waals surface area (Å²) in [6.45, 7) is 1.95. The number of carbonyl (C=O) groups is 1. The molecular formula is C18H13Cl2N3O2. The van der Waals surface area contributed by atoms with Crippen molar-refractivity contribution in [2.45, 2.75) is 6.92 Å². The first-order chi connectivity index (χ1) is 12.0. The van der Waals surface area contributed by atoms with Crippen molar-refractivity contribution in [3.63, 3.8) is 0 Å². The van der Waals surface area contributed by atoms with E-state index in [0.29, 0.717) is 11.3 Å². The van der Waals surface area contributed by atoms with Crippen molar-refractivity contribution < 1.29 is 4.79 Å². The highest BCUT2D eigenvalue weighted by molar-refractivity contribution is 6.41. The molecule has 0 bridgehead atoms. The van der Waals surface area contributed by atoms with Gasteiger partial charge in [0.25, 0.3) is 11.5 Å². The van der Waals surface area contributed by atoms with Crippen LogP contribution in [0.4, 0.5) is 5.69 Å². The second-order valence-electron chi connectivity index (χ2n) is 5.39. The standard InChI is InChI=1S/C18H13Cl2N3O2/c1-11-3-2-4-13(9-11)22-17(24)12-5-7-14(8-6-12)23-18(25)16(20)15(19)10-21-23/h2-10H,1H3,(H,22,24). The molecule has 1 amide bonds. The van der Waals surface area contributed by atoms with Crippen LogP contribution >= 0.6 is 23.2 Å². The molecule has 0 aliphatic heterocycles. The highest BCUT2D eigenvalue weighted by Gasteiger charge is 2.11.